The predicted octanol–water partition coefficient (Wildman–Crippen LogP) is 7.23. The fourth-order valence-corrected chi connectivity index (χ4v) is 4.62. The largest absolute Gasteiger partial charge is 0.318 e. The van der Waals surface area contributed by atoms with Crippen LogP contribution in [-0.4, -0.2) is 24.5 Å². The normalized spacial score (nSPS) is 11.1. The quantitative estimate of drug-likeness (QED) is 0.232. The first kappa shape index (κ1) is 23.0. The van der Waals surface area contributed by atoms with E-state index in [9.17, 15) is 0 Å². The van der Waals surface area contributed by atoms with Crippen molar-refractivity contribution in [2.24, 2.45) is 0 Å². The molecule has 2 aromatic heterocycles. The molecule has 180 valence electrons. The van der Waals surface area contributed by atoms with E-state index in [1.807, 2.05) is 77.6 Å². The second-order valence-corrected chi connectivity index (χ2v) is 9.30. The molecule has 0 saturated heterocycles. The first-order chi connectivity index (χ1) is 18.2. The zero-order valence-corrected chi connectivity index (χ0v) is 20.8. The van der Waals surface area contributed by atoms with Gasteiger partial charge in [0.15, 0.2) is 0 Å². The van der Waals surface area contributed by atoms with E-state index in [4.69, 9.17) is 16.6 Å². The molecule has 0 aliphatic heterocycles. The first-order valence-electron chi connectivity index (χ1n) is 12.1. The summed E-state index contributed by atoms with van der Waals surface area (Å²) in [4.78, 5) is 5.19. The zero-order valence-electron chi connectivity index (χ0n) is 20.1. The third-order valence-electron chi connectivity index (χ3n) is 6.27. The van der Waals surface area contributed by atoms with Gasteiger partial charge in [-0.15, -0.1) is 5.10 Å². The molecular formula is C31H24ClN5. The summed E-state index contributed by atoms with van der Waals surface area (Å²) in [6.07, 6.45) is 2.00. The Hall–Kier alpha value is -4.48. The summed E-state index contributed by atoms with van der Waals surface area (Å²) in [5.41, 5.74) is 6.94. The molecule has 0 unspecified atom stereocenters. The smallest absolute Gasteiger partial charge is 0.141 e. The Labute approximate surface area is 220 Å². The van der Waals surface area contributed by atoms with E-state index in [1.165, 1.54) is 5.56 Å². The first-order valence-corrected chi connectivity index (χ1v) is 12.5. The Bertz CT molecular complexity index is 1610. The minimum Gasteiger partial charge on any atom is -0.318 e. The highest BCUT2D eigenvalue weighted by Crippen LogP contribution is 2.36. The van der Waals surface area contributed by atoms with Gasteiger partial charge in [-0.05, 0) is 23.3 Å². The number of halogens is 1. The van der Waals surface area contributed by atoms with Crippen molar-refractivity contribution in [1.82, 2.24) is 24.5 Å². The fraction of sp³-hybridized carbons (Fsp3) is 0.0645. The highest BCUT2D eigenvalue weighted by Gasteiger charge is 2.23. The van der Waals surface area contributed by atoms with Gasteiger partial charge in [0.1, 0.15) is 11.5 Å². The summed E-state index contributed by atoms with van der Waals surface area (Å²) in [6.45, 7) is 1.26. The van der Waals surface area contributed by atoms with Crippen molar-refractivity contribution < 1.29 is 0 Å². The molecule has 0 bridgehead atoms. The summed E-state index contributed by atoms with van der Waals surface area (Å²) in [5.74, 6) is 0.877. The van der Waals surface area contributed by atoms with Gasteiger partial charge in [0.25, 0.3) is 0 Å². The van der Waals surface area contributed by atoms with Gasteiger partial charge in [-0.25, -0.2) is 9.67 Å². The van der Waals surface area contributed by atoms with Crippen molar-refractivity contribution in [2.45, 2.75) is 13.1 Å². The Morgan fingerprint density at radius 1 is 0.622 bits per heavy atom. The summed E-state index contributed by atoms with van der Waals surface area (Å²) in [7, 11) is 0. The van der Waals surface area contributed by atoms with Crippen LogP contribution in [0, 0.1) is 0 Å². The SMILES string of the molecule is Clc1ccc(Cn2c(-c3ccccc3)nc(-c3ccccc3)c2-c2cn(Cc3ccccc3)nn2)cc1. The van der Waals surface area contributed by atoms with Crippen molar-refractivity contribution >= 4 is 11.6 Å². The van der Waals surface area contributed by atoms with E-state index in [0.717, 1.165) is 39.6 Å². The maximum absolute atomic E-state index is 6.18. The summed E-state index contributed by atoms with van der Waals surface area (Å²) < 4.78 is 4.11. The highest BCUT2D eigenvalue weighted by molar-refractivity contribution is 6.30. The molecule has 0 saturated carbocycles. The van der Waals surface area contributed by atoms with Crippen LogP contribution < -0.4 is 0 Å². The molecule has 4 aromatic carbocycles. The van der Waals surface area contributed by atoms with Gasteiger partial charge in [0, 0.05) is 22.7 Å². The Kier molecular flexibility index (Phi) is 6.36. The molecule has 37 heavy (non-hydrogen) atoms. The van der Waals surface area contributed by atoms with Crippen LogP contribution in [0.5, 0.6) is 0 Å². The molecule has 0 fully saturated rings. The Morgan fingerprint density at radius 3 is 1.89 bits per heavy atom. The minimum absolute atomic E-state index is 0.613. The Balaban J connectivity index is 1.53. The lowest BCUT2D eigenvalue weighted by molar-refractivity contribution is 0.650. The van der Waals surface area contributed by atoms with E-state index < -0.39 is 0 Å². The van der Waals surface area contributed by atoms with Crippen LogP contribution in [0.3, 0.4) is 0 Å². The van der Waals surface area contributed by atoms with Crippen molar-refractivity contribution in [2.75, 3.05) is 0 Å². The van der Waals surface area contributed by atoms with E-state index >= 15 is 0 Å². The molecule has 6 aromatic rings. The third kappa shape index (κ3) is 4.95. The van der Waals surface area contributed by atoms with Gasteiger partial charge < -0.3 is 4.57 Å². The lowest BCUT2D eigenvalue weighted by Gasteiger charge is -2.12. The van der Waals surface area contributed by atoms with Crippen LogP contribution in [0.1, 0.15) is 11.1 Å². The number of nitrogens with zero attached hydrogens (tertiary/aromatic N) is 5. The van der Waals surface area contributed by atoms with Gasteiger partial charge >= 0.3 is 0 Å². The lowest BCUT2D eigenvalue weighted by atomic mass is 10.1. The summed E-state index contributed by atoms with van der Waals surface area (Å²) in [5, 5.41) is 9.81. The van der Waals surface area contributed by atoms with Gasteiger partial charge in [0.05, 0.1) is 24.1 Å². The zero-order chi connectivity index (χ0) is 25.0. The molecule has 0 aliphatic carbocycles. The molecule has 0 radical (unpaired) electrons. The molecular weight excluding hydrogens is 478 g/mol. The van der Waals surface area contributed by atoms with Gasteiger partial charge in [-0.3, -0.25) is 0 Å². The van der Waals surface area contributed by atoms with E-state index in [-0.39, 0.29) is 0 Å². The van der Waals surface area contributed by atoms with Crippen molar-refractivity contribution in [3.05, 3.63) is 138 Å². The third-order valence-corrected chi connectivity index (χ3v) is 6.52. The topological polar surface area (TPSA) is 48.5 Å². The summed E-state index contributed by atoms with van der Waals surface area (Å²) >= 11 is 6.18. The number of hydrogen-bond acceptors (Lipinski definition) is 3. The molecule has 6 heteroatoms. The van der Waals surface area contributed by atoms with Crippen LogP contribution in [-0.2, 0) is 13.1 Å². The number of aromatic nitrogens is 5. The predicted molar refractivity (Wildman–Crippen MR) is 148 cm³/mol. The van der Waals surface area contributed by atoms with Crippen LogP contribution in [0.2, 0.25) is 5.02 Å². The van der Waals surface area contributed by atoms with Crippen LogP contribution in [0.15, 0.2) is 121 Å². The minimum atomic E-state index is 0.613. The maximum Gasteiger partial charge on any atom is 0.141 e. The monoisotopic (exact) mass is 501 g/mol. The second kappa shape index (κ2) is 10.2. The van der Waals surface area contributed by atoms with Crippen molar-refractivity contribution in [1.29, 1.82) is 0 Å². The number of imidazole rings is 1. The molecule has 0 N–H and O–H groups in total. The van der Waals surface area contributed by atoms with Crippen molar-refractivity contribution in [3.63, 3.8) is 0 Å². The molecule has 0 amide bonds. The number of benzene rings is 4. The lowest BCUT2D eigenvalue weighted by Crippen LogP contribution is -2.05. The fourth-order valence-electron chi connectivity index (χ4n) is 4.50. The Morgan fingerprint density at radius 2 is 1.22 bits per heavy atom. The number of rotatable bonds is 7. The summed E-state index contributed by atoms with van der Waals surface area (Å²) in [6, 6.07) is 38.7. The second-order valence-electron chi connectivity index (χ2n) is 8.86. The van der Waals surface area contributed by atoms with Gasteiger partial charge in [-0.1, -0.05) is 120 Å². The average molecular weight is 502 g/mol. The van der Waals surface area contributed by atoms with Gasteiger partial charge in [0.2, 0.25) is 0 Å². The van der Waals surface area contributed by atoms with Crippen LogP contribution in [0.25, 0.3) is 34.0 Å². The maximum atomic E-state index is 6.18. The average Bonchev–Trinajstić information content (AvgIpc) is 3.56. The highest BCUT2D eigenvalue weighted by atomic mass is 35.5. The van der Waals surface area contributed by atoms with E-state index in [2.05, 4.69) is 63.4 Å². The molecule has 0 atom stereocenters. The molecule has 0 spiro atoms. The molecule has 6 rings (SSSR count). The van der Waals surface area contributed by atoms with Crippen LogP contribution >= 0.6 is 11.6 Å². The molecule has 5 nitrogen and oxygen atoms in total. The van der Waals surface area contributed by atoms with Crippen LogP contribution in [0.4, 0.5) is 0 Å². The molecule has 2 heterocycles. The van der Waals surface area contributed by atoms with E-state index in [1.54, 1.807) is 0 Å². The van der Waals surface area contributed by atoms with E-state index in [0.29, 0.717) is 18.1 Å². The standard InChI is InChI=1S/C31H24ClN5/c32-27-18-16-24(17-19-27)21-37-30(28-22-36(35-34-28)20-23-10-4-1-5-11-23)29(25-12-6-2-7-13-25)33-31(37)26-14-8-3-9-15-26/h1-19,22H,20-21H2. The number of hydrogen-bond donors (Lipinski definition) is 0. The van der Waals surface area contributed by atoms with Crippen molar-refractivity contribution in [3.8, 4) is 34.0 Å². The molecule has 0 aliphatic rings. The van der Waals surface area contributed by atoms with Gasteiger partial charge in [-0.2, -0.15) is 0 Å².